The van der Waals surface area contributed by atoms with Crippen LogP contribution >= 0.6 is 0 Å². The van der Waals surface area contributed by atoms with Gasteiger partial charge in [-0.2, -0.15) is 0 Å². The summed E-state index contributed by atoms with van der Waals surface area (Å²) >= 11 is 0. The van der Waals surface area contributed by atoms with Crippen molar-refractivity contribution in [2.45, 2.75) is 32.6 Å². The van der Waals surface area contributed by atoms with E-state index in [4.69, 9.17) is 5.11 Å². The second-order valence-corrected chi connectivity index (χ2v) is 4.33. The van der Waals surface area contributed by atoms with Crippen molar-refractivity contribution in [3.8, 4) is 0 Å². The maximum atomic E-state index is 10.5. The number of carboxylic acids is 1. The van der Waals surface area contributed by atoms with Gasteiger partial charge in [0.1, 0.15) is 0 Å². The first kappa shape index (κ1) is 9.50. The fourth-order valence-electron chi connectivity index (χ4n) is 2.63. The predicted molar refractivity (Wildman–Crippen MR) is 54.9 cm³/mol. The van der Waals surface area contributed by atoms with Gasteiger partial charge in [-0.05, 0) is 25.2 Å². The van der Waals surface area contributed by atoms with Gasteiger partial charge in [-0.25, -0.2) is 4.79 Å². The van der Waals surface area contributed by atoms with Crippen LogP contribution in [0.3, 0.4) is 0 Å². The molecule has 2 rings (SSSR count). The smallest absolute Gasteiger partial charge is 0.328 e. The lowest BCUT2D eigenvalue weighted by Gasteiger charge is -2.33. The van der Waals surface area contributed by atoms with Crippen LogP contribution < -0.4 is 0 Å². The summed E-state index contributed by atoms with van der Waals surface area (Å²) in [4.78, 5) is 10.5. The molecule has 0 unspecified atom stereocenters. The highest BCUT2D eigenvalue weighted by molar-refractivity contribution is 5.81. The van der Waals surface area contributed by atoms with E-state index in [0.29, 0.717) is 5.92 Å². The molecule has 0 amide bonds. The summed E-state index contributed by atoms with van der Waals surface area (Å²) in [6.07, 6.45) is 8.28. The number of hydrogen-bond donors (Lipinski definition) is 1. The first-order chi connectivity index (χ1) is 6.70. The highest BCUT2D eigenvalue weighted by atomic mass is 16.4. The molecule has 0 heterocycles. The molecular formula is C12H16O2. The Bertz CT molecular complexity index is 312. The van der Waals surface area contributed by atoms with Crippen LogP contribution in [0.1, 0.15) is 32.6 Å². The van der Waals surface area contributed by atoms with E-state index in [9.17, 15) is 4.79 Å². The molecule has 0 aliphatic heterocycles. The molecule has 1 N–H and O–H groups in total. The van der Waals surface area contributed by atoms with Gasteiger partial charge in [-0.15, -0.1) is 0 Å². The molecule has 2 heteroatoms. The Morgan fingerprint density at radius 1 is 1.64 bits per heavy atom. The molecular weight excluding hydrogens is 176 g/mol. The van der Waals surface area contributed by atoms with Gasteiger partial charge in [-0.1, -0.05) is 30.6 Å². The molecule has 0 bridgehead atoms. The van der Waals surface area contributed by atoms with Crippen molar-refractivity contribution in [2.24, 2.45) is 11.8 Å². The minimum atomic E-state index is -0.796. The van der Waals surface area contributed by atoms with Gasteiger partial charge in [0.15, 0.2) is 0 Å². The van der Waals surface area contributed by atoms with E-state index in [1.807, 2.05) is 0 Å². The van der Waals surface area contributed by atoms with Gasteiger partial charge >= 0.3 is 5.97 Å². The van der Waals surface area contributed by atoms with Crippen LogP contribution in [0.5, 0.6) is 0 Å². The third kappa shape index (κ3) is 1.61. The second-order valence-electron chi connectivity index (χ2n) is 4.33. The summed E-state index contributed by atoms with van der Waals surface area (Å²) in [5.41, 5.74) is 2.66. The number of carboxylic acid groups (broad SMARTS) is 1. The maximum absolute atomic E-state index is 10.5. The molecule has 2 atom stereocenters. The normalized spacial score (nSPS) is 32.4. The average Bonchev–Trinajstić information content (AvgIpc) is 2.41. The van der Waals surface area contributed by atoms with Gasteiger partial charge in [0.05, 0.1) is 0 Å². The molecule has 0 aromatic heterocycles. The molecule has 1 saturated carbocycles. The minimum absolute atomic E-state index is 0.465. The molecule has 0 aromatic rings. The van der Waals surface area contributed by atoms with Crippen molar-refractivity contribution < 1.29 is 9.90 Å². The first-order valence-corrected chi connectivity index (χ1v) is 5.33. The van der Waals surface area contributed by atoms with E-state index in [2.05, 4.69) is 13.0 Å². The van der Waals surface area contributed by atoms with Crippen molar-refractivity contribution in [1.29, 1.82) is 0 Å². The maximum Gasteiger partial charge on any atom is 0.328 e. The highest BCUT2D eigenvalue weighted by Crippen LogP contribution is 2.50. The highest BCUT2D eigenvalue weighted by Gasteiger charge is 2.38. The van der Waals surface area contributed by atoms with Gasteiger partial charge in [0.25, 0.3) is 0 Å². The summed E-state index contributed by atoms with van der Waals surface area (Å²) < 4.78 is 0. The number of fused-ring (bicyclic) bond motifs is 1. The molecule has 0 saturated heterocycles. The lowest BCUT2D eigenvalue weighted by molar-refractivity contribution is -0.131. The van der Waals surface area contributed by atoms with E-state index >= 15 is 0 Å². The lowest BCUT2D eigenvalue weighted by Crippen LogP contribution is -2.24. The van der Waals surface area contributed by atoms with Crippen LogP contribution in [0, 0.1) is 11.8 Å². The van der Waals surface area contributed by atoms with Crippen LogP contribution in [-0.4, -0.2) is 11.1 Å². The zero-order valence-corrected chi connectivity index (χ0v) is 8.49. The summed E-state index contributed by atoms with van der Waals surface area (Å²) in [5, 5.41) is 8.64. The Labute approximate surface area is 84.3 Å². The summed E-state index contributed by atoms with van der Waals surface area (Å²) in [6, 6.07) is 0. The number of rotatable bonds is 3. The van der Waals surface area contributed by atoms with E-state index in [1.165, 1.54) is 30.9 Å². The van der Waals surface area contributed by atoms with Crippen molar-refractivity contribution in [1.82, 2.24) is 0 Å². The Hall–Kier alpha value is -1.05. The van der Waals surface area contributed by atoms with E-state index in [1.54, 1.807) is 0 Å². The van der Waals surface area contributed by atoms with Crippen molar-refractivity contribution in [3.63, 3.8) is 0 Å². The van der Waals surface area contributed by atoms with Crippen molar-refractivity contribution in [2.75, 3.05) is 0 Å². The molecule has 2 aliphatic rings. The van der Waals surface area contributed by atoms with Gasteiger partial charge in [-0.3, -0.25) is 0 Å². The van der Waals surface area contributed by atoms with Crippen LogP contribution in [0.4, 0.5) is 0 Å². The van der Waals surface area contributed by atoms with E-state index in [0.717, 1.165) is 17.9 Å². The van der Waals surface area contributed by atoms with Gasteiger partial charge in [0.2, 0.25) is 0 Å². The average molecular weight is 192 g/mol. The van der Waals surface area contributed by atoms with Crippen LogP contribution in [0.15, 0.2) is 23.3 Å². The SMILES string of the molecule is CCCC1=C[C@@H]2/C(=C\C(=O)O)C[C@@H]2C1. The Morgan fingerprint density at radius 2 is 2.43 bits per heavy atom. The number of carbonyl (C=O) groups is 1. The standard InChI is InChI=1S/C12H16O2/c1-2-3-8-4-9-6-10(7-12(13)14)11(9)5-8/h5,7,9,11H,2-4,6H2,1H3,(H,13,14)/b10-7-/t9-,11-/m0/s1. The van der Waals surface area contributed by atoms with Gasteiger partial charge < -0.3 is 5.11 Å². The third-order valence-electron chi connectivity index (χ3n) is 3.25. The second kappa shape index (κ2) is 3.60. The quantitative estimate of drug-likeness (QED) is 0.551. The van der Waals surface area contributed by atoms with E-state index in [-0.39, 0.29) is 0 Å². The number of aliphatic carboxylic acids is 1. The molecule has 76 valence electrons. The van der Waals surface area contributed by atoms with Gasteiger partial charge in [0, 0.05) is 12.0 Å². The summed E-state index contributed by atoms with van der Waals surface area (Å²) in [6.45, 7) is 2.19. The molecule has 2 nitrogen and oxygen atoms in total. The van der Waals surface area contributed by atoms with Crippen LogP contribution in [-0.2, 0) is 4.79 Å². The Morgan fingerprint density at radius 3 is 3.07 bits per heavy atom. The number of allylic oxidation sites excluding steroid dienone is 3. The van der Waals surface area contributed by atoms with Crippen molar-refractivity contribution in [3.05, 3.63) is 23.3 Å². The molecule has 0 radical (unpaired) electrons. The molecule has 0 spiro atoms. The van der Waals surface area contributed by atoms with Crippen LogP contribution in [0.25, 0.3) is 0 Å². The monoisotopic (exact) mass is 192 g/mol. The topological polar surface area (TPSA) is 37.3 Å². The largest absolute Gasteiger partial charge is 0.478 e. The predicted octanol–water partition coefficient (Wildman–Crippen LogP) is 2.76. The number of hydrogen-bond acceptors (Lipinski definition) is 1. The molecule has 2 aliphatic carbocycles. The molecule has 0 aromatic carbocycles. The fraction of sp³-hybridized carbons (Fsp3) is 0.583. The summed E-state index contributed by atoms with van der Waals surface area (Å²) in [7, 11) is 0. The van der Waals surface area contributed by atoms with Crippen LogP contribution in [0.2, 0.25) is 0 Å². The zero-order chi connectivity index (χ0) is 10.1. The minimum Gasteiger partial charge on any atom is -0.478 e. The zero-order valence-electron chi connectivity index (χ0n) is 8.49. The fourth-order valence-corrected chi connectivity index (χ4v) is 2.63. The molecule has 14 heavy (non-hydrogen) atoms. The lowest BCUT2D eigenvalue weighted by atomic mass is 9.71. The summed E-state index contributed by atoms with van der Waals surface area (Å²) in [5.74, 6) is 0.394. The Balaban J connectivity index is 2.02. The Kier molecular flexibility index (Phi) is 2.44. The first-order valence-electron chi connectivity index (χ1n) is 5.33. The van der Waals surface area contributed by atoms with E-state index < -0.39 is 5.97 Å². The molecule has 1 fully saturated rings. The van der Waals surface area contributed by atoms with Crippen molar-refractivity contribution >= 4 is 5.97 Å². The third-order valence-corrected chi connectivity index (χ3v) is 3.25.